The molecular formula is C55H74N10O10. The third-order valence-electron chi connectivity index (χ3n) is 15.3. The summed E-state index contributed by atoms with van der Waals surface area (Å²) in [4.78, 5) is 115. The van der Waals surface area contributed by atoms with Gasteiger partial charge in [-0.05, 0) is 134 Å². The number of nitrogens with zero attached hydrogens (tertiary/aromatic N) is 2. The Morgan fingerprint density at radius 1 is 0.587 bits per heavy atom. The Balaban J connectivity index is 1.07. The molecular weight excluding hydrogens is 961 g/mol. The lowest BCUT2D eigenvalue weighted by Crippen LogP contribution is -2.59. The number of fused-ring (bicyclic) bond motifs is 2. The van der Waals surface area contributed by atoms with Crippen molar-refractivity contribution in [2.24, 2.45) is 0 Å². The highest BCUT2D eigenvalue weighted by atomic mass is 16.5. The minimum Gasteiger partial charge on any atom is -0.391 e. The van der Waals surface area contributed by atoms with Crippen molar-refractivity contribution in [1.29, 1.82) is 0 Å². The molecule has 9 N–H and O–H groups in total. The lowest BCUT2D eigenvalue weighted by atomic mass is 9.87. The van der Waals surface area contributed by atoms with Gasteiger partial charge in [-0.3, -0.25) is 38.4 Å². The van der Waals surface area contributed by atoms with Crippen molar-refractivity contribution in [3.8, 4) is 0 Å². The molecule has 0 saturated carbocycles. The molecule has 0 radical (unpaired) electrons. The molecule has 1 unspecified atom stereocenters. The van der Waals surface area contributed by atoms with Gasteiger partial charge in [0.1, 0.15) is 24.2 Å². The number of carbonyl (C=O) groups excluding carboxylic acids is 8. The summed E-state index contributed by atoms with van der Waals surface area (Å²) in [7, 11) is 4.63. The van der Waals surface area contributed by atoms with E-state index < -0.39 is 108 Å². The maximum atomic E-state index is 14.6. The van der Waals surface area contributed by atoms with Crippen molar-refractivity contribution >= 4 is 47.3 Å². The molecule has 2 aliphatic heterocycles. The number of ether oxygens (including phenoxy) is 1. The van der Waals surface area contributed by atoms with E-state index in [2.05, 4.69) is 42.5 Å². The van der Waals surface area contributed by atoms with E-state index in [1.54, 1.807) is 40.9 Å². The first-order valence-electron chi connectivity index (χ1n) is 26.2. The summed E-state index contributed by atoms with van der Waals surface area (Å²) in [5, 5.41) is 34.1. The summed E-state index contributed by atoms with van der Waals surface area (Å²) in [6.45, 7) is 6.09. The van der Waals surface area contributed by atoms with E-state index in [-0.39, 0.29) is 49.1 Å². The van der Waals surface area contributed by atoms with Gasteiger partial charge in [-0.2, -0.15) is 0 Å². The van der Waals surface area contributed by atoms with Crippen molar-refractivity contribution in [1.82, 2.24) is 52.3 Å². The summed E-state index contributed by atoms with van der Waals surface area (Å²) >= 11 is 0. The van der Waals surface area contributed by atoms with Crippen LogP contribution < -0.4 is 42.5 Å². The van der Waals surface area contributed by atoms with Crippen LogP contribution in [-0.4, -0.2) is 157 Å². The molecule has 0 aromatic heterocycles. The number of hydrogen-bond donors (Lipinski definition) is 9. The van der Waals surface area contributed by atoms with Gasteiger partial charge in [0, 0.05) is 43.4 Å². The van der Waals surface area contributed by atoms with Crippen LogP contribution in [0.25, 0.3) is 0 Å². The third-order valence-corrected chi connectivity index (χ3v) is 15.3. The maximum Gasteiger partial charge on any atom is 0.251 e. The molecule has 3 aromatic rings. The number of nitrogens with one attached hydrogen (secondary N) is 8. The number of aliphatic hydroxyl groups excluding tert-OH is 1. The van der Waals surface area contributed by atoms with E-state index in [0.29, 0.717) is 12.8 Å². The van der Waals surface area contributed by atoms with Gasteiger partial charge in [-0.15, -0.1) is 0 Å². The second-order valence-corrected chi connectivity index (χ2v) is 20.4. The number of amides is 8. The SMILES string of the molecule is CN[C@@H](C)C(=O)N[C@H](C(=O)N1C[C@@H](NC(=O)c2cccc(C(=O)N[C@H]3C[C@@H](C(=O)NC4CCCc5ccccc54)N(C(=O)[C@@H](NC(=O)[C@H](C)NC)[C@@H](C)OC)C3)c2)C[C@H]1C(=O)N[C@@H]1CCCc2ccccc21)[C@@H](C)O. The summed E-state index contributed by atoms with van der Waals surface area (Å²) in [5.74, 6) is -4.21. The molecule has 0 bridgehead atoms. The van der Waals surface area contributed by atoms with Crippen LogP contribution in [0.4, 0.5) is 0 Å². The highest BCUT2D eigenvalue weighted by Gasteiger charge is 2.46. The normalized spacial score (nSPS) is 23.4. The summed E-state index contributed by atoms with van der Waals surface area (Å²) in [6.07, 6.45) is 2.84. The van der Waals surface area contributed by atoms with Crippen molar-refractivity contribution in [2.45, 2.75) is 152 Å². The average Bonchev–Trinajstić information content (AvgIpc) is 4.05. The monoisotopic (exact) mass is 1030 g/mol. The molecule has 2 aliphatic carbocycles. The smallest absolute Gasteiger partial charge is 0.251 e. The predicted molar refractivity (Wildman–Crippen MR) is 279 cm³/mol. The fourth-order valence-corrected chi connectivity index (χ4v) is 10.6. The molecule has 4 aliphatic rings. The Bertz CT molecular complexity index is 2590. The van der Waals surface area contributed by atoms with Crippen LogP contribution in [0.2, 0.25) is 0 Å². The molecule has 2 heterocycles. The highest BCUT2D eigenvalue weighted by Crippen LogP contribution is 2.32. The van der Waals surface area contributed by atoms with Crippen LogP contribution in [0.3, 0.4) is 0 Å². The van der Waals surface area contributed by atoms with Crippen LogP contribution in [0.5, 0.6) is 0 Å². The topological polar surface area (TPSA) is 269 Å². The van der Waals surface area contributed by atoms with Crippen LogP contribution in [0, 0.1) is 0 Å². The van der Waals surface area contributed by atoms with E-state index in [9.17, 15) is 43.5 Å². The Labute approximate surface area is 438 Å². The summed E-state index contributed by atoms with van der Waals surface area (Å²) in [6, 6.07) is 13.8. The molecule has 12 atom stereocenters. The van der Waals surface area contributed by atoms with Gasteiger partial charge in [0.25, 0.3) is 11.8 Å². The summed E-state index contributed by atoms with van der Waals surface area (Å²) < 4.78 is 5.55. The van der Waals surface area contributed by atoms with Crippen molar-refractivity contribution in [3.63, 3.8) is 0 Å². The minimum absolute atomic E-state index is 0.0202. The molecule has 2 fully saturated rings. The number of aliphatic hydroxyl groups is 1. The number of benzene rings is 3. The van der Waals surface area contributed by atoms with Crippen molar-refractivity contribution in [3.05, 3.63) is 106 Å². The fraction of sp³-hybridized carbons (Fsp3) is 0.527. The van der Waals surface area contributed by atoms with E-state index in [1.807, 2.05) is 48.5 Å². The van der Waals surface area contributed by atoms with E-state index in [4.69, 9.17) is 4.74 Å². The molecule has 0 spiro atoms. The van der Waals surface area contributed by atoms with Crippen LogP contribution in [0.1, 0.15) is 121 Å². The Kier molecular flexibility index (Phi) is 18.8. The molecule has 75 heavy (non-hydrogen) atoms. The molecule has 404 valence electrons. The predicted octanol–water partition coefficient (Wildman–Crippen LogP) is 1.07. The highest BCUT2D eigenvalue weighted by molar-refractivity contribution is 6.01. The first-order valence-corrected chi connectivity index (χ1v) is 26.2. The molecule has 8 amide bonds. The van der Waals surface area contributed by atoms with Gasteiger partial charge in [0.2, 0.25) is 35.4 Å². The maximum absolute atomic E-state index is 14.6. The largest absolute Gasteiger partial charge is 0.391 e. The number of carbonyl (C=O) groups is 8. The Morgan fingerprint density at radius 3 is 1.44 bits per heavy atom. The lowest BCUT2D eigenvalue weighted by Gasteiger charge is -2.33. The molecule has 20 heteroatoms. The average molecular weight is 1040 g/mol. The fourth-order valence-electron chi connectivity index (χ4n) is 10.6. The van der Waals surface area contributed by atoms with Crippen LogP contribution in [0.15, 0.2) is 72.8 Å². The molecule has 7 rings (SSSR count). The van der Waals surface area contributed by atoms with Gasteiger partial charge >= 0.3 is 0 Å². The van der Waals surface area contributed by atoms with Gasteiger partial charge in [-0.1, -0.05) is 54.6 Å². The van der Waals surface area contributed by atoms with Crippen molar-refractivity contribution < 1.29 is 48.2 Å². The van der Waals surface area contributed by atoms with Gasteiger partial charge in [0.05, 0.1) is 36.4 Å². The number of methoxy groups -OCH3 is 1. The molecule has 20 nitrogen and oxygen atoms in total. The first-order chi connectivity index (χ1) is 35.9. The number of rotatable bonds is 19. The van der Waals surface area contributed by atoms with Gasteiger partial charge in [-0.25, -0.2) is 0 Å². The zero-order valence-electron chi connectivity index (χ0n) is 43.9. The summed E-state index contributed by atoms with van der Waals surface area (Å²) in [5.41, 5.74) is 4.50. The van der Waals surface area contributed by atoms with Crippen molar-refractivity contribution in [2.75, 3.05) is 34.3 Å². The molecule has 2 saturated heterocycles. The molecule has 3 aromatic carbocycles. The number of likely N-dealkylation sites (tertiary alicyclic amines) is 2. The van der Waals surface area contributed by atoms with E-state index in [0.717, 1.165) is 47.9 Å². The minimum atomic E-state index is -1.39. The second-order valence-electron chi connectivity index (χ2n) is 20.4. The quantitative estimate of drug-likeness (QED) is 0.0817. The number of likely N-dealkylation sites (N-methyl/N-ethyl adjacent to an activating group) is 2. The first kappa shape index (κ1) is 56.0. The zero-order valence-corrected chi connectivity index (χ0v) is 43.9. The zero-order chi connectivity index (χ0) is 54.1. The van der Waals surface area contributed by atoms with Crippen LogP contribution >= 0.6 is 0 Å². The van der Waals surface area contributed by atoms with Crippen LogP contribution in [-0.2, 0) is 46.3 Å². The Morgan fingerprint density at radius 2 is 1.01 bits per heavy atom. The van der Waals surface area contributed by atoms with Gasteiger partial charge in [0.15, 0.2) is 0 Å². The standard InChI is InChI=1S/C55H74N10O10/c1-30(56-5)48(67)62-46(32(3)66)54(73)64-28-38(26-44(64)52(71)60-42-23-13-17-34-15-8-10-21-40(34)42)58-50(69)36-19-12-20-37(25-36)51(70)59-39-27-45(53(72)61-43-24-14-18-35-16-9-11-22-41(35)43)65(29-39)55(74)47(33(4)75-7)63-49(68)31(2)57-6/h8-12,15-16,19-22,25,30-33,38-39,42-47,56-57,66H,13-14,17-18,23-24,26-29H2,1-7H3,(H,58,69)(H,59,70)(H,60,71)(H,61,72)(H,62,67)(H,63,68)/t30-,31-,32+,33+,38-,39-,42+,43?,44-,45-,46-,47-/m0/s1. The number of aryl methyl sites for hydroxylation is 2. The third kappa shape index (κ3) is 13.2. The van der Waals surface area contributed by atoms with Gasteiger partial charge < -0.3 is 62.2 Å². The Hall–Kier alpha value is -6.74. The number of hydrogen-bond acceptors (Lipinski definition) is 12. The second kappa shape index (κ2) is 25.2. The van der Waals surface area contributed by atoms with E-state index in [1.165, 1.54) is 42.0 Å². The lowest BCUT2D eigenvalue weighted by molar-refractivity contribution is -0.144. The van der Waals surface area contributed by atoms with E-state index >= 15 is 0 Å².